The van der Waals surface area contributed by atoms with E-state index in [1.807, 2.05) is 19.9 Å². The van der Waals surface area contributed by atoms with Crippen LogP contribution < -0.4 is 0 Å². The van der Waals surface area contributed by atoms with Gasteiger partial charge >= 0.3 is 6.09 Å². The second kappa shape index (κ2) is 6.77. The molecule has 22 heavy (non-hydrogen) atoms. The molecule has 1 aromatic carbocycles. The Morgan fingerprint density at radius 1 is 1.27 bits per heavy atom. The number of hydrogen-bond donors (Lipinski definition) is 0. The Morgan fingerprint density at radius 3 is 2.68 bits per heavy atom. The van der Waals surface area contributed by atoms with Crippen molar-refractivity contribution in [3.05, 3.63) is 53.1 Å². The van der Waals surface area contributed by atoms with Gasteiger partial charge in [-0.25, -0.2) is 14.3 Å². The molecule has 4 nitrogen and oxygen atoms in total. The first-order chi connectivity index (χ1) is 10.4. The highest BCUT2D eigenvalue weighted by molar-refractivity contribution is 5.71. The molecule has 4 heteroatoms. The number of carbonyl (C=O) groups excluding carboxylic acids is 1. The summed E-state index contributed by atoms with van der Waals surface area (Å²) in [6, 6.07) is 6.22. The van der Waals surface area contributed by atoms with Crippen molar-refractivity contribution in [2.24, 2.45) is 5.92 Å². The van der Waals surface area contributed by atoms with Gasteiger partial charge in [-0.3, -0.25) is 0 Å². The van der Waals surface area contributed by atoms with Gasteiger partial charge in [-0.2, -0.15) is 0 Å². The molecule has 0 unspecified atom stereocenters. The van der Waals surface area contributed by atoms with Crippen molar-refractivity contribution in [2.75, 3.05) is 6.61 Å². The van der Waals surface area contributed by atoms with E-state index in [0.717, 1.165) is 0 Å². The Labute approximate surface area is 132 Å². The van der Waals surface area contributed by atoms with Gasteiger partial charge in [-0.05, 0) is 36.5 Å². The lowest BCUT2D eigenvalue weighted by Gasteiger charge is -2.17. The van der Waals surface area contributed by atoms with Gasteiger partial charge in [-0.1, -0.05) is 39.0 Å². The summed E-state index contributed by atoms with van der Waals surface area (Å²) < 4.78 is 6.82. The Kier molecular flexibility index (Phi) is 5.01. The van der Waals surface area contributed by atoms with Crippen molar-refractivity contribution in [1.29, 1.82) is 0 Å². The third-order valence-electron chi connectivity index (χ3n) is 3.91. The van der Waals surface area contributed by atoms with Gasteiger partial charge in [0.05, 0.1) is 6.61 Å². The van der Waals surface area contributed by atoms with Crippen molar-refractivity contribution < 1.29 is 9.53 Å². The predicted octanol–water partition coefficient (Wildman–Crippen LogP) is 4.29. The number of carbonyl (C=O) groups is 1. The highest BCUT2D eigenvalue weighted by Gasteiger charge is 2.20. The quantitative estimate of drug-likeness (QED) is 0.846. The number of benzene rings is 1. The lowest BCUT2D eigenvalue weighted by molar-refractivity contribution is 0.133. The summed E-state index contributed by atoms with van der Waals surface area (Å²) in [6.07, 6.45) is 2.95. The zero-order valence-electron chi connectivity index (χ0n) is 14.0. The van der Waals surface area contributed by atoms with Crippen LogP contribution in [-0.2, 0) is 4.74 Å². The summed E-state index contributed by atoms with van der Waals surface area (Å²) in [5, 5.41) is 0. The van der Waals surface area contributed by atoms with Crippen molar-refractivity contribution >= 4 is 6.09 Å². The molecule has 118 valence electrons. The van der Waals surface area contributed by atoms with Crippen molar-refractivity contribution in [3.8, 4) is 0 Å². The van der Waals surface area contributed by atoms with Crippen LogP contribution in [0, 0.1) is 19.8 Å². The average molecular weight is 300 g/mol. The number of hydrogen-bond acceptors (Lipinski definition) is 3. The Hall–Kier alpha value is -2.10. The smallest absolute Gasteiger partial charge is 0.419 e. The molecule has 0 amide bonds. The van der Waals surface area contributed by atoms with Crippen LogP contribution in [0.15, 0.2) is 30.6 Å². The summed E-state index contributed by atoms with van der Waals surface area (Å²) in [6.45, 7) is 10.7. The zero-order chi connectivity index (χ0) is 16.3. The van der Waals surface area contributed by atoms with Gasteiger partial charge in [0.1, 0.15) is 5.82 Å². The molecule has 0 N–H and O–H groups in total. The van der Waals surface area contributed by atoms with Crippen LogP contribution in [0.1, 0.15) is 49.2 Å². The van der Waals surface area contributed by atoms with Gasteiger partial charge in [0.25, 0.3) is 0 Å². The van der Waals surface area contributed by atoms with E-state index in [9.17, 15) is 4.79 Å². The highest BCUT2D eigenvalue weighted by Crippen LogP contribution is 2.27. The number of aromatic nitrogens is 2. The maximum atomic E-state index is 12.2. The molecule has 2 aromatic rings. The van der Waals surface area contributed by atoms with E-state index in [2.05, 4.69) is 37.9 Å². The van der Waals surface area contributed by atoms with Gasteiger partial charge in [0.2, 0.25) is 0 Å². The minimum absolute atomic E-state index is 0.0292. The largest absolute Gasteiger partial charge is 0.449 e. The van der Waals surface area contributed by atoms with Crippen LogP contribution in [0.4, 0.5) is 4.79 Å². The number of imidazole rings is 1. The molecule has 0 aliphatic rings. The SMILES string of the molecule is Cc1cccc([C@H](C)c2nccn2C(=O)OCC(C)C)c1C. The van der Waals surface area contributed by atoms with E-state index in [1.54, 1.807) is 12.4 Å². The number of rotatable bonds is 4. The van der Waals surface area contributed by atoms with E-state index in [1.165, 1.54) is 21.3 Å². The fourth-order valence-electron chi connectivity index (χ4n) is 2.48. The van der Waals surface area contributed by atoms with E-state index in [-0.39, 0.29) is 12.0 Å². The molecular formula is C18H24N2O2. The predicted molar refractivity (Wildman–Crippen MR) is 87.2 cm³/mol. The second-order valence-electron chi connectivity index (χ2n) is 6.14. The highest BCUT2D eigenvalue weighted by atomic mass is 16.5. The van der Waals surface area contributed by atoms with Gasteiger partial charge < -0.3 is 4.74 Å². The summed E-state index contributed by atoms with van der Waals surface area (Å²) in [5.41, 5.74) is 3.66. The third kappa shape index (κ3) is 3.38. The van der Waals surface area contributed by atoms with E-state index in [4.69, 9.17) is 4.74 Å². The van der Waals surface area contributed by atoms with E-state index in [0.29, 0.717) is 18.3 Å². The Bertz CT molecular complexity index is 659. The number of aryl methyl sites for hydroxylation is 1. The van der Waals surface area contributed by atoms with Gasteiger partial charge in [-0.15, -0.1) is 0 Å². The fourth-order valence-corrected chi connectivity index (χ4v) is 2.48. The lowest BCUT2D eigenvalue weighted by atomic mass is 9.93. The lowest BCUT2D eigenvalue weighted by Crippen LogP contribution is -2.20. The first kappa shape index (κ1) is 16.3. The van der Waals surface area contributed by atoms with Crippen LogP contribution >= 0.6 is 0 Å². The average Bonchev–Trinajstić information content (AvgIpc) is 2.96. The van der Waals surface area contributed by atoms with Crippen molar-refractivity contribution in [1.82, 2.24) is 9.55 Å². The van der Waals surface area contributed by atoms with E-state index < -0.39 is 0 Å². The molecule has 0 aliphatic heterocycles. The van der Waals surface area contributed by atoms with E-state index >= 15 is 0 Å². The summed E-state index contributed by atoms with van der Waals surface area (Å²) in [4.78, 5) is 16.6. The number of nitrogens with zero attached hydrogens (tertiary/aromatic N) is 2. The van der Waals surface area contributed by atoms with Crippen LogP contribution in [0.5, 0.6) is 0 Å². The molecule has 0 saturated carbocycles. The maximum absolute atomic E-state index is 12.2. The third-order valence-corrected chi connectivity index (χ3v) is 3.91. The molecule has 1 aromatic heterocycles. The second-order valence-corrected chi connectivity index (χ2v) is 6.14. The number of ether oxygens (including phenoxy) is 1. The zero-order valence-corrected chi connectivity index (χ0v) is 14.0. The first-order valence-electron chi connectivity index (χ1n) is 7.68. The summed E-state index contributed by atoms with van der Waals surface area (Å²) in [5.74, 6) is 1.05. The molecule has 0 bridgehead atoms. The van der Waals surface area contributed by atoms with Crippen LogP contribution in [0.3, 0.4) is 0 Å². The minimum Gasteiger partial charge on any atom is -0.449 e. The van der Waals surface area contributed by atoms with Crippen LogP contribution in [0.2, 0.25) is 0 Å². The fraction of sp³-hybridized carbons (Fsp3) is 0.444. The van der Waals surface area contributed by atoms with Crippen molar-refractivity contribution in [3.63, 3.8) is 0 Å². The summed E-state index contributed by atoms with van der Waals surface area (Å²) >= 11 is 0. The molecule has 1 heterocycles. The normalized spacial score (nSPS) is 12.5. The molecular weight excluding hydrogens is 276 g/mol. The standard InChI is InChI=1S/C18H24N2O2/c1-12(2)11-22-18(21)20-10-9-19-17(20)15(5)16-8-6-7-13(3)14(16)4/h6-10,12,15H,11H2,1-5H3/t15-/m0/s1. The van der Waals surface area contributed by atoms with Crippen LogP contribution in [-0.4, -0.2) is 22.3 Å². The topological polar surface area (TPSA) is 44.1 Å². The molecule has 1 atom stereocenters. The van der Waals surface area contributed by atoms with Gasteiger partial charge in [0, 0.05) is 18.3 Å². The Morgan fingerprint density at radius 2 is 2.00 bits per heavy atom. The molecule has 0 radical (unpaired) electrons. The Balaban J connectivity index is 2.28. The molecule has 0 fully saturated rings. The molecule has 0 saturated heterocycles. The molecule has 2 rings (SSSR count). The molecule has 0 spiro atoms. The maximum Gasteiger partial charge on any atom is 0.419 e. The minimum atomic E-state index is -0.363. The van der Waals surface area contributed by atoms with Crippen LogP contribution in [0.25, 0.3) is 0 Å². The van der Waals surface area contributed by atoms with Crippen molar-refractivity contribution in [2.45, 2.75) is 40.5 Å². The monoisotopic (exact) mass is 300 g/mol. The van der Waals surface area contributed by atoms with Gasteiger partial charge in [0.15, 0.2) is 0 Å². The summed E-state index contributed by atoms with van der Waals surface area (Å²) in [7, 11) is 0. The first-order valence-corrected chi connectivity index (χ1v) is 7.68. The molecule has 0 aliphatic carbocycles.